The summed E-state index contributed by atoms with van der Waals surface area (Å²) in [4.78, 5) is 0.0240. The van der Waals surface area contributed by atoms with Gasteiger partial charge >= 0.3 is 0 Å². The molecular formula is C11H10Br2N2O3S. The van der Waals surface area contributed by atoms with Crippen LogP contribution in [0, 0.1) is 0 Å². The molecule has 2 rings (SSSR count). The second kappa shape index (κ2) is 5.66. The molecule has 0 radical (unpaired) electrons. The van der Waals surface area contributed by atoms with E-state index in [1.807, 2.05) is 0 Å². The van der Waals surface area contributed by atoms with Crippen molar-refractivity contribution in [1.82, 2.24) is 0 Å². The van der Waals surface area contributed by atoms with Crippen LogP contribution in [0.4, 0.5) is 5.69 Å². The van der Waals surface area contributed by atoms with Crippen molar-refractivity contribution in [2.45, 2.75) is 11.4 Å². The number of furan rings is 1. The highest BCUT2D eigenvalue weighted by atomic mass is 79.9. The predicted octanol–water partition coefficient (Wildman–Crippen LogP) is 3.06. The monoisotopic (exact) mass is 408 g/mol. The van der Waals surface area contributed by atoms with E-state index in [1.165, 1.54) is 6.07 Å². The first-order chi connectivity index (χ1) is 8.92. The fourth-order valence-corrected chi connectivity index (χ4v) is 3.73. The summed E-state index contributed by atoms with van der Waals surface area (Å²) in [6.45, 7) is 0.131. The topological polar surface area (TPSA) is 85.3 Å². The number of hydrogen-bond acceptors (Lipinski definition) is 4. The van der Waals surface area contributed by atoms with Crippen LogP contribution in [0.1, 0.15) is 5.76 Å². The summed E-state index contributed by atoms with van der Waals surface area (Å²) in [6.07, 6.45) is 0. The van der Waals surface area contributed by atoms with E-state index in [0.717, 1.165) is 4.47 Å². The fraction of sp³-hybridized carbons (Fsp3) is 0.0909. The molecular weight excluding hydrogens is 400 g/mol. The number of benzene rings is 1. The van der Waals surface area contributed by atoms with Crippen molar-refractivity contribution in [3.8, 4) is 0 Å². The summed E-state index contributed by atoms with van der Waals surface area (Å²) >= 11 is 6.35. The smallest absolute Gasteiger partial charge is 0.266 e. The van der Waals surface area contributed by atoms with Gasteiger partial charge in [-0.05, 0) is 40.2 Å². The summed E-state index contributed by atoms with van der Waals surface area (Å²) in [5, 5.41) is 0. The molecule has 0 unspecified atom stereocenters. The lowest BCUT2D eigenvalue weighted by molar-refractivity contribution is 0.484. The Morgan fingerprint density at radius 2 is 1.84 bits per heavy atom. The Kier molecular flexibility index (Phi) is 4.34. The first-order valence-corrected chi connectivity index (χ1v) is 8.26. The van der Waals surface area contributed by atoms with Gasteiger partial charge in [0.2, 0.25) is 0 Å². The largest absolute Gasteiger partial charge is 0.452 e. The molecule has 0 saturated carbocycles. The van der Waals surface area contributed by atoms with E-state index in [0.29, 0.717) is 11.4 Å². The minimum absolute atomic E-state index is 0.0240. The SMILES string of the molecule is NCc1cc(S(=O)(=O)Nc2ccc(Br)cc2)c(Br)o1. The number of halogens is 2. The van der Waals surface area contributed by atoms with E-state index in [1.54, 1.807) is 24.3 Å². The standard InChI is InChI=1S/C11H10Br2N2O3S/c12-7-1-3-8(4-2-7)15-19(16,17)10-5-9(6-14)18-11(10)13/h1-5,15H,6,14H2. The van der Waals surface area contributed by atoms with Gasteiger partial charge < -0.3 is 10.2 Å². The van der Waals surface area contributed by atoms with Gasteiger partial charge in [-0.3, -0.25) is 4.72 Å². The van der Waals surface area contributed by atoms with Gasteiger partial charge in [0.05, 0.1) is 6.54 Å². The maximum atomic E-state index is 12.2. The van der Waals surface area contributed by atoms with E-state index in [9.17, 15) is 8.42 Å². The van der Waals surface area contributed by atoms with Crippen LogP contribution in [0.5, 0.6) is 0 Å². The van der Waals surface area contributed by atoms with Gasteiger partial charge in [0.1, 0.15) is 10.7 Å². The molecule has 0 aliphatic rings. The number of nitrogens with one attached hydrogen (secondary N) is 1. The second-order valence-electron chi connectivity index (χ2n) is 3.67. The second-order valence-corrected chi connectivity index (χ2v) is 6.95. The van der Waals surface area contributed by atoms with Crippen molar-refractivity contribution >= 4 is 47.6 Å². The Morgan fingerprint density at radius 3 is 2.37 bits per heavy atom. The lowest BCUT2D eigenvalue weighted by Crippen LogP contribution is -2.12. The van der Waals surface area contributed by atoms with Crippen molar-refractivity contribution in [2.75, 3.05) is 4.72 Å². The van der Waals surface area contributed by atoms with Gasteiger partial charge in [-0.25, -0.2) is 8.42 Å². The first kappa shape index (κ1) is 14.6. The third kappa shape index (κ3) is 3.38. The lowest BCUT2D eigenvalue weighted by atomic mass is 10.3. The molecule has 2 aromatic rings. The molecule has 102 valence electrons. The molecule has 0 fully saturated rings. The summed E-state index contributed by atoms with van der Waals surface area (Å²) in [5.41, 5.74) is 5.87. The third-order valence-electron chi connectivity index (χ3n) is 2.29. The van der Waals surface area contributed by atoms with E-state index >= 15 is 0 Å². The quantitative estimate of drug-likeness (QED) is 0.812. The molecule has 1 heterocycles. The molecule has 0 aliphatic carbocycles. The van der Waals surface area contributed by atoms with E-state index in [2.05, 4.69) is 36.6 Å². The zero-order chi connectivity index (χ0) is 14.0. The summed E-state index contributed by atoms with van der Waals surface area (Å²) in [5.74, 6) is 0.392. The van der Waals surface area contributed by atoms with Crippen molar-refractivity contribution in [3.05, 3.63) is 45.2 Å². The number of hydrogen-bond donors (Lipinski definition) is 2. The zero-order valence-corrected chi connectivity index (χ0v) is 13.5. The van der Waals surface area contributed by atoms with Crippen LogP contribution < -0.4 is 10.5 Å². The minimum atomic E-state index is -3.71. The molecule has 3 N–H and O–H groups in total. The van der Waals surface area contributed by atoms with Crippen molar-refractivity contribution in [3.63, 3.8) is 0 Å². The van der Waals surface area contributed by atoms with E-state index in [-0.39, 0.29) is 16.1 Å². The molecule has 8 heteroatoms. The van der Waals surface area contributed by atoms with Crippen LogP contribution in [0.25, 0.3) is 0 Å². The summed E-state index contributed by atoms with van der Waals surface area (Å²) in [6, 6.07) is 8.19. The van der Waals surface area contributed by atoms with Crippen LogP contribution in [0.2, 0.25) is 0 Å². The van der Waals surface area contributed by atoms with Crippen LogP contribution in [-0.2, 0) is 16.6 Å². The Balaban J connectivity index is 2.31. The van der Waals surface area contributed by atoms with Crippen LogP contribution in [0.3, 0.4) is 0 Å². The van der Waals surface area contributed by atoms with Crippen molar-refractivity contribution in [2.24, 2.45) is 5.73 Å². The highest BCUT2D eigenvalue weighted by molar-refractivity contribution is 9.10. The van der Waals surface area contributed by atoms with Crippen LogP contribution >= 0.6 is 31.9 Å². The molecule has 0 aliphatic heterocycles. The Labute approximate surface area is 127 Å². The number of nitrogens with two attached hydrogens (primary N) is 1. The molecule has 1 aromatic heterocycles. The van der Waals surface area contributed by atoms with Crippen molar-refractivity contribution in [1.29, 1.82) is 0 Å². The molecule has 0 atom stereocenters. The lowest BCUT2D eigenvalue weighted by Gasteiger charge is -2.06. The molecule has 5 nitrogen and oxygen atoms in total. The van der Waals surface area contributed by atoms with Gasteiger partial charge in [0, 0.05) is 16.2 Å². The Bertz CT molecular complexity index is 680. The Hall–Kier alpha value is -0.830. The molecule has 19 heavy (non-hydrogen) atoms. The summed E-state index contributed by atoms with van der Waals surface area (Å²) < 4.78 is 33.0. The number of sulfonamides is 1. The maximum absolute atomic E-state index is 12.2. The fourth-order valence-electron chi connectivity index (χ4n) is 1.41. The molecule has 1 aromatic carbocycles. The minimum Gasteiger partial charge on any atom is -0.452 e. The molecule has 0 saturated heterocycles. The van der Waals surface area contributed by atoms with Crippen molar-refractivity contribution < 1.29 is 12.8 Å². The normalized spacial score (nSPS) is 11.5. The molecule has 0 spiro atoms. The first-order valence-electron chi connectivity index (χ1n) is 5.19. The molecule has 0 bridgehead atoms. The van der Waals surface area contributed by atoms with Gasteiger partial charge in [0.25, 0.3) is 10.0 Å². The van der Waals surface area contributed by atoms with Gasteiger partial charge in [-0.2, -0.15) is 0 Å². The average molecular weight is 410 g/mol. The predicted molar refractivity (Wildman–Crippen MR) is 79.2 cm³/mol. The van der Waals surface area contributed by atoms with Gasteiger partial charge in [0.15, 0.2) is 4.67 Å². The van der Waals surface area contributed by atoms with E-state index in [4.69, 9.17) is 10.2 Å². The Morgan fingerprint density at radius 1 is 1.21 bits per heavy atom. The average Bonchev–Trinajstić information content (AvgIpc) is 2.74. The number of anilines is 1. The number of rotatable bonds is 4. The third-order valence-corrected chi connectivity index (χ3v) is 5.06. The van der Waals surface area contributed by atoms with Crippen LogP contribution in [-0.4, -0.2) is 8.42 Å². The van der Waals surface area contributed by atoms with Gasteiger partial charge in [-0.1, -0.05) is 15.9 Å². The maximum Gasteiger partial charge on any atom is 0.266 e. The highest BCUT2D eigenvalue weighted by Gasteiger charge is 2.22. The van der Waals surface area contributed by atoms with E-state index < -0.39 is 10.0 Å². The highest BCUT2D eigenvalue weighted by Crippen LogP contribution is 2.28. The summed E-state index contributed by atoms with van der Waals surface area (Å²) in [7, 11) is -3.71. The molecule has 0 amide bonds. The van der Waals surface area contributed by atoms with Gasteiger partial charge in [-0.15, -0.1) is 0 Å². The zero-order valence-electron chi connectivity index (χ0n) is 9.56. The van der Waals surface area contributed by atoms with Crippen LogP contribution in [0.15, 0.2) is 48.8 Å².